The molecule has 7 heteroatoms. The van der Waals surface area contributed by atoms with Gasteiger partial charge in [0, 0.05) is 5.92 Å². The number of amides is 1. The van der Waals surface area contributed by atoms with Gasteiger partial charge >= 0.3 is 0 Å². The molecular formula is C11H11Cl2NO3S. The summed E-state index contributed by atoms with van der Waals surface area (Å²) in [6.45, 7) is 0. The van der Waals surface area contributed by atoms with E-state index in [1.807, 2.05) is 4.72 Å². The first-order valence-electron chi connectivity index (χ1n) is 5.25. The zero-order valence-corrected chi connectivity index (χ0v) is 11.8. The van der Waals surface area contributed by atoms with Crippen molar-refractivity contribution >= 4 is 39.1 Å². The molecule has 0 unspecified atom stereocenters. The number of sulfonamides is 1. The van der Waals surface area contributed by atoms with Gasteiger partial charge in [0.2, 0.25) is 15.9 Å². The van der Waals surface area contributed by atoms with Crippen LogP contribution in [-0.2, 0) is 14.8 Å². The van der Waals surface area contributed by atoms with Crippen LogP contribution in [0.15, 0.2) is 18.2 Å². The van der Waals surface area contributed by atoms with Crippen molar-refractivity contribution < 1.29 is 13.2 Å². The van der Waals surface area contributed by atoms with E-state index in [-0.39, 0.29) is 11.8 Å². The molecule has 0 aliphatic heterocycles. The molecule has 4 nitrogen and oxygen atoms in total. The third-order valence-electron chi connectivity index (χ3n) is 2.79. The van der Waals surface area contributed by atoms with Crippen LogP contribution >= 0.6 is 23.2 Å². The van der Waals surface area contributed by atoms with Gasteiger partial charge in [-0.1, -0.05) is 35.3 Å². The van der Waals surface area contributed by atoms with E-state index in [0.717, 1.165) is 11.8 Å². The Balaban J connectivity index is 2.12. The molecule has 1 fully saturated rings. The summed E-state index contributed by atoms with van der Waals surface area (Å²) in [6, 6.07) is 5.22. The van der Waals surface area contributed by atoms with Gasteiger partial charge in [0.05, 0.1) is 16.3 Å². The third-order valence-corrected chi connectivity index (χ3v) is 4.20. The highest BCUT2D eigenvalue weighted by Crippen LogP contribution is 2.50. The Kier molecular flexibility index (Phi) is 3.58. The van der Waals surface area contributed by atoms with Gasteiger partial charge in [-0.25, -0.2) is 8.42 Å². The van der Waals surface area contributed by atoms with Crippen molar-refractivity contribution in [2.75, 3.05) is 6.26 Å². The second-order valence-electron chi connectivity index (χ2n) is 4.33. The second kappa shape index (κ2) is 4.72. The summed E-state index contributed by atoms with van der Waals surface area (Å²) in [5.74, 6) is -0.896. The Bertz CT molecular complexity index is 600. The van der Waals surface area contributed by atoms with E-state index in [9.17, 15) is 13.2 Å². The lowest BCUT2D eigenvalue weighted by Crippen LogP contribution is -2.30. The van der Waals surface area contributed by atoms with E-state index in [4.69, 9.17) is 23.2 Å². The number of hydrogen-bond acceptors (Lipinski definition) is 3. The number of carbonyl (C=O) groups excluding carboxylic acids is 1. The van der Waals surface area contributed by atoms with Crippen molar-refractivity contribution in [1.82, 2.24) is 4.72 Å². The maximum Gasteiger partial charge on any atom is 0.237 e. The molecular weight excluding hydrogens is 297 g/mol. The van der Waals surface area contributed by atoms with Gasteiger partial charge in [0.1, 0.15) is 0 Å². The molecule has 0 bridgehead atoms. The van der Waals surface area contributed by atoms with Crippen molar-refractivity contribution in [2.45, 2.75) is 12.3 Å². The number of carbonyl (C=O) groups is 1. The Morgan fingerprint density at radius 3 is 2.67 bits per heavy atom. The molecule has 98 valence electrons. The SMILES string of the molecule is CS(=O)(=O)NC(=O)[C@@H]1C[C@H]1c1cccc(Cl)c1Cl. The van der Waals surface area contributed by atoms with Gasteiger partial charge in [-0.2, -0.15) is 0 Å². The lowest BCUT2D eigenvalue weighted by Gasteiger charge is -2.05. The minimum atomic E-state index is -3.51. The van der Waals surface area contributed by atoms with E-state index in [1.165, 1.54) is 0 Å². The van der Waals surface area contributed by atoms with E-state index in [1.54, 1.807) is 18.2 Å². The van der Waals surface area contributed by atoms with E-state index in [2.05, 4.69) is 0 Å². The van der Waals surface area contributed by atoms with E-state index in [0.29, 0.717) is 16.5 Å². The monoisotopic (exact) mass is 307 g/mol. The Hall–Kier alpha value is -0.780. The van der Waals surface area contributed by atoms with Crippen LogP contribution in [-0.4, -0.2) is 20.6 Å². The normalized spacial score (nSPS) is 22.6. The molecule has 0 spiro atoms. The molecule has 2 atom stereocenters. The van der Waals surface area contributed by atoms with Crippen LogP contribution in [0.25, 0.3) is 0 Å². The minimum Gasteiger partial charge on any atom is -0.274 e. The summed E-state index contributed by atoms with van der Waals surface area (Å²) in [4.78, 5) is 11.6. The van der Waals surface area contributed by atoms with Gasteiger partial charge < -0.3 is 0 Å². The van der Waals surface area contributed by atoms with Crippen molar-refractivity contribution in [3.63, 3.8) is 0 Å². The lowest BCUT2D eigenvalue weighted by molar-refractivity contribution is -0.120. The average molecular weight is 308 g/mol. The first-order valence-corrected chi connectivity index (χ1v) is 7.90. The second-order valence-corrected chi connectivity index (χ2v) is 6.86. The molecule has 1 N–H and O–H groups in total. The molecule has 1 amide bonds. The number of benzene rings is 1. The van der Waals surface area contributed by atoms with Crippen LogP contribution in [0.1, 0.15) is 17.9 Å². The molecule has 0 radical (unpaired) electrons. The summed E-state index contributed by atoms with van der Waals surface area (Å²) >= 11 is 11.9. The fourth-order valence-electron chi connectivity index (χ4n) is 1.89. The zero-order valence-electron chi connectivity index (χ0n) is 9.48. The van der Waals surface area contributed by atoms with Crippen molar-refractivity contribution in [3.05, 3.63) is 33.8 Å². The molecule has 1 aromatic rings. The van der Waals surface area contributed by atoms with Gasteiger partial charge in [-0.15, -0.1) is 0 Å². The van der Waals surface area contributed by atoms with Crippen LogP contribution in [0.2, 0.25) is 10.0 Å². The fourth-order valence-corrected chi connectivity index (χ4v) is 2.86. The zero-order chi connectivity index (χ0) is 13.5. The van der Waals surface area contributed by atoms with Crippen molar-refractivity contribution in [2.24, 2.45) is 5.92 Å². The Morgan fingerprint density at radius 1 is 1.39 bits per heavy atom. The highest BCUT2D eigenvalue weighted by atomic mass is 35.5. The summed E-state index contributed by atoms with van der Waals surface area (Å²) in [6.07, 6.45) is 1.54. The average Bonchev–Trinajstić information content (AvgIpc) is 2.99. The van der Waals surface area contributed by atoms with E-state index >= 15 is 0 Å². The molecule has 0 heterocycles. The quantitative estimate of drug-likeness (QED) is 0.931. The third kappa shape index (κ3) is 2.96. The first-order chi connectivity index (χ1) is 8.29. The van der Waals surface area contributed by atoms with E-state index < -0.39 is 15.9 Å². The topological polar surface area (TPSA) is 63.2 Å². The van der Waals surface area contributed by atoms with Gasteiger partial charge in [0.15, 0.2) is 0 Å². The number of hydrogen-bond donors (Lipinski definition) is 1. The van der Waals surface area contributed by atoms with Crippen molar-refractivity contribution in [3.8, 4) is 0 Å². The van der Waals surface area contributed by atoms with Gasteiger partial charge in [-0.05, 0) is 24.0 Å². The van der Waals surface area contributed by atoms with Gasteiger partial charge in [-0.3, -0.25) is 9.52 Å². The molecule has 0 saturated heterocycles. The fraction of sp³-hybridized carbons (Fsp3) is 0.364. The van der Waals surface area contributed by atoms with Crippen molar-refractivity contribution in [1.29, 1.82) is 0 Å². The smallest absolute Gasteiger partial charge is 0.237 e. The summed E-state index contributed by atoms with van der Waals surface area (Å²) in [5, 5.41) is 0.863. The van der Waals surface area contributed by atoms with Gasteiger partial charge in [0.25, 0.3) is 0 Å². The highest BCUT2D eigenvalue weighted by Gasteiger charge is 2.45. The number of halogens is 2. The lowest BCUT2D eigenvalue weighted by atomic mass is 10.1. The summed E-state index contributed by atoms with van der Waals surface area (Å²) < 4.78 is 23.9. The Morgan fingerprint density at radius 2 is 2.06 bits per heavy atom. The molecule has 1 aromatic carbocycles. The predicted octanol–water partition coefficient (Wildman–Crippen LogP) is 2.17. The maximum absolute atomic E-state index is 11.6. The highest BCUT2D eigenvalue weighted by molar-refractivity contribution is 7.89. The minimum absolute atomic E-state index is 0.0575. The summed E-state index contributed by atoms with van der Waals surface area (Å²) in [5.41, 5.74) is 0.790. The standard InChI is InChI=1S/C11H11Cl2NO3S/c1-18(16,17)14-11(15)8-5-7(8)6-3-2-4-9(12)10(6)13/h2-4,7-8H,5H2,1H3,(H,14,15)/t7-,8+/m0/s1. The molecule has 1 saturated carbocycles. The molecule has 1 aliphatic rings. The van der Waals surface area contributed by atoms with Crippen LogP contribution in [0.5, 0.6) is 0 Å². The number of rotatable bonds is 3. The largest absolute Gasteiger partial charge is 0.274 e. The molecule has 2 rings (SSSR count). The van der Waals surface area contributed by atoms with Crippen LogP contribution in [0.3, 0.4) is 0 Å². The van der Waals surface area contributed by atoms with Crippen LogP contribution in [0, 0.1) is 5.92 Å². The molecule has 1 aliphatic carbocycles. The van der Waals surface area contributed by atoms with Crippen LogP contribution < -0.4 is 4.72 Å². The summed E-state index contributed by atoms with van der Waals surface area (Å²) in [7, 11) is -3.51. The molecule has 0 aromatic heterocycles. The first kappa shape index (κ1) is 13.6. The Labute approximate surface area is 115 Å². The van der Waals surface area contributed by atoms with Crippen LogP contribution in [0.4, 0.5) is 0 Å². The number of nitrogens with one attached hydrogen (secondary N) is 1. The predicted molar refractivity (Wildman–Crippen MR) is 70.3 cm³/mol. The maximum atomic E-state index is 11.6. The molecule has 18 heavy (non-hydrogen) atoms.